The highest BCUT2D eigenvalue weighted by molar-refractivity contribution is 7.90. The van der Waals surface area contributed by atoms with Gasteiger partial charge in [-0.25, -0.2) is 8.42 Å². The Balaban J connectivity index is 2.38. The van der Waals surface area contributed by atoms with E-state index in [-0.39, 0.29) is 0 Å². The zero-order valence-corrected chi connectivity index (χ0v) is 11.6. The molecule has 0 bridgehead atoms. The van der Waals surface area contributed by atoms with Crippen molar-refractivity contribution in [3.63, 3.8) is 0 Å². The highest BCUT2D eigenvalue weighted by atomic mass is 32.2. The first-order valence-corrected chi connectivity index (χ1v) is 8.32. The van der Waals surface area contributed by atoms with Gasteiger partial charge in [-0.1, -0.05) is 13.8 Å². The van der Waals surface area contributed by atoms with E-state index in [1.54, 1.807) is 0 Å². The molecule has 1 saturated carbocycles. The summed E-state index contributed by atoms with van der Waals surface area (Å²) in [7, 11) is -2.79. The van der Waals surface area contributed by atoms with Crippen molar-refractivity contribution >= 4 is 9.84 Å². The summed E-state index contributed by atoms with van der Waals surface area (Å²) < 4.78 is 22.2. The van der Waals surface area contributed by atoms with Crippen LogP contribution in [-0.2, 0) is 9.84 Å². The molecule has 0 heterocycles. The van der Waals surface area contributed by atoms with Gasteiger partial charge in [0.1, 0.15) is 9.84 Å². The number of nitrogens with one attached hydrogen (secondary N) is 1. The third kappa shape index (κ3) is 4.83. The smallest absolute Gasteiger partial charge is 0.147 e. The number of rotatable bonds is 8. The monoisotopic (exact) mass is 247 g/mol. The zero-order valence-electron chi connectivity index (χ0n) is 10.8. The third-order valence-electron chi connectivity index (χ3n) is 3.60. The fourth-order valence-electron chi connectivity index (χ4n) is 2.37. The van der Waals surface area contributed by atoms with E-state index >= 15 is 0 Å². The van der Waals surface area contributed by atoms with Crippen LogP contribution in [0, 0.1) is 11.3 Å². The average molecular weight is 247 g/mol. The molecule has 1 unspecified atom stereocenters. The van der Waals surface area contributed by atoms with E-state index in [2.05, 4.69) is 19.2 Å². The van der Waals surface area contributed by atoms with Crippen LogP contribution in [0.3, 0.4) is 0 Å². The lowest BCUT2D eigenvalue weighted by Gasteiger charge is -2.30. The third-order valence-corrected chi connectivity index (χ3v) is 4.64. The first-order valence-electron chi connectivity index (χ1n) is 6.26. The van der Waals surface area contributed by atoms with Crippen LogP contribution in [0.1, 0.15) is 39.5 Å². The summed E-state index contributed by atoms with van der Waals surface area (Å²) in [5, 5.41) is 3.41. The number of hydrogen-bond acceptors (Lipinski definition) is 3. The maximum Gasteiger partial charge on any atom is 0.147 e. The lowest BCUT2D eigenvalue weighted by Crippen LogP contribution is -2.34. The molecular formula is C12H25NO2S. The van der Waals surface area contributed by atoms with Gasteiger partial charge >= 0.3 is 0 Å². The Kier molecular flexibility index (Phi) is 4.80. The van der Waals surface area contributed by atoms with Gasteiger partial charge in [0.05, 0.1) is 0 Å². The molecular weight excluding hydrogens is 222 g/mol. The minimum Gasteiger partial charge on any atom is -0.316 e. The largest absolute Gasteiger partial charge is 0.316 e. The van der Waals surface area contributed by atoms with E-state index in [4.69, 9.17) is 0 Å². The molecule has 4 heteroatoms. The van der Waals surface area contributed by atoms with Gasteiger partial charge in [0.2, 0.25) is 0 Å². The van der Waals surface area contributed by atoms with Crippen molar-refractivity contribution in [3.05, 3.63) is 0 Å². The Morgan fingerprint density at radius 3 is 2.44 bits per heavy atom. The Bertz CT molecular complexity index is 309. The van der Waals surface area contributed by atoms with E-state index in [1.807, 2.05) is 0 Å². The molecule has 1 aliphatic rings. The van der Waals surface area contributed by atoms with Crippen LogP contribution in [-0.4, -0.2) is 33.5 Å². The molecule has 1 N–H and O–H groups in total. The first-order chi connectivity index (χ1) is 7.37. The Labute approximate surface area is 99.9 Å². The molecule has 0 aromatic heterocycles. The number of sulfone groups is 1. The summed E-state index contributed by atoms with van der Waals surface area (Å²) in [6.07, 6.45) is 5.79. The normalized spacial score (nSPS) is 20.7. The maximum absolute atomic E-state index is 11.1. The molecule has 1 fully saturated rings. The molecule has 96 valence electrons. The highest BCUT2D eigenvalue weighted by Crippen LogP contribution is 2.47. The van der Waals surface area contributed by atoms with Crippen molar-refractivity contribution in [1.82, 2.24) is 5.32 Å². The van der Waals surface area contributed by atoms with Gasteiger partial charge in [0, 0.05) is 18.6 Å². The standard InChI is InChI=1S/C12H25NO2S/c1-4-13-10-12(2,11-6-7-11)8-5-9-16(3,14)15/h11,13H,4-10H2,1-3H3. The van der Waals surface area contributed by atoms with Crippen LogP contribution < -0.4 is 5.32 Å². The van der Waals surface area contributed by atoms with Crippen LogP contribution in [0.5, 0.6) is 0 Å². The van der Waals surface area contributed by atoms with E-state index < -0.39 is 9.84 Å². The highest BCUT2D eigenvalue weighted by Gasteiger charge is 2.40. The van der Waals surface area contributed by atoms with Crippen molar-refractivity contribution in [2.45, 2.75) is 39.5 Å². The molecule has 0 spiro atoms. The SMILES string of the molecule is CCNCC(C)(CCCS(C)(=O)=O)C1CC1. The van der Waals surface area contributed by atoms with Gasteiger partial charge in [-0.2, -0.15) is 0 Å². The van der Waals surface area contributed by atoms with E-state index in [0.29, 0.717) is 11.2 Å². The predicted octanol–water partition coefficient (Wildman–Crippen LogP) is 1.84. The summed E-state index contributed by atoms with van der Waals surface area (Å²) in [5.74, 6) is 1.15. The summed E-state index contributed by atoms with van der Waals surface area (Å²) in [4.78, 5) is 0. The fraction of sp³-hybridized carbons (Fsp3) is 1.00. The molecule has 0 radical (unpaired) electrons. The van der Waals surface area contributed by atoms with Crippen molar-refractivity contribution in [2.24, 2.45) is 11.3 Å². The summed E-state index contributed by atoms with van der Waals surface area (Å²) in [6.45, 7) is 6.44. The Morgan fingerprint density at radius 2 is 2.00 bits per heavy atom. The van der Waals surface area contributed by atoms with E-state index in [9.17, 15) is 8.42 Å². The van der Waals surface area contributed by atoms with Crippen molar-refractivity contribution < 1.29 is 8.42 Å². The summed E-state index contributed by atoms with van der Waals surface area (Å²) in [5.41, 5.74) is 0.306. The molecule has 1 rings (SSSR count). The molecule has 0 aliphatic heterocycles. The Hall–Kier alpha value is -0.0900. The number of hydrogen-bond donors (Lipinski definition) is 1. The van der Waals surface area contributed by atoms with Crippen LogP contribution >= 0.6 is 0 Å². The van der Waals surface area contributed by atoms with Gasteiger partial charge in [-0.05, 0) is 43.6 Å². The van der Waals surface area contributed by atoms with Crippen LogP contribution in [0.15, 0.2) is 0 Å². The second-order valence-corrected chi connectivity index (χ2v) is 7.70. The molecule has 16 heavy (non-hydrogen) atoms. The van der Waals surface area contributed by atoms with Gasteiger partial charge in [-0.15, -0.1) is 0 Å². The zero-order chi connectivity index (χ0) is 12.2. The van der Waals surface area contributed by atoms with Gasteiger partial charge in [0.15, 0.2) is 0 Å². The average Bonchev–Trinajstić information content (AvgIpc) is 2.95. The molecule has 0 amide bonds. The predicted molar refractivity (Wildman–Crippen MR) is 68.3 cm³/mol. The summed E-state index contributed by atoms with van der Waals surface area (Å²) >= 11 is 0. The minimum absolute atomic E-state index is 0.306. The first kappa shape index (κ1) is 14.0. The van der Waals surface area contributed by atoms with Crippen molar-refractivity contribution in [1.29, 1.82) is 0 Å². The van der Waals surface area contributed by atoms with E-state index in [1.165, 1.54) is 19.1 Å². The molecule has 3 nitrogen and oxygen atoms in total. The molecule has 0 saturated heterocycles. The topological polar surface area (TPSA) is 46.2 Å². The summed E-state index contributed by atoms with van der Waals surface area (Å²) in [6, 6.07) is 0. The quantitative estimate of drug-likeness (QED) is 0.712. The van der Waals surface area contributed by atoms with Crippen LogP contribution in [0.2, 0.25) is 0 Å². The van der Waals surface area contributed by atoms with Gasteiger partial charge in [0.25, 0.3) is 0 Å². The van der Waals surface area contributed by atoms with Gasteiger partial charge in [-0.3, -0.25) is 0 Å². The lowest BCUT2D eigenvalue weighted by atomic mass is 9.80. The Morgan fingerprint density at radius 1 is 1.38 bits per heavy atom. The van der Waals surface area contributed by atoms with Crippen molar-refractivity contribution in [3.8, 4) is 0 Å². The lowest BCUT2D eigenvalue weighted by molar-refractivity contribution is 0.236. The molecule has 0 aromatic rings. The molecule has 1 aliphatic carbocycles. The van der Waals surface area contributed by atoms with Crippen molar-refractivity contribution in [2.75, 3.05) is 25.1 Å². The van der Waals surface area contributed by atoms with Crippen LogP contribution in [0.25, 0.3) is 0 Å². The minimum atomic E-state index is -2.79. The second-order valence-electron chi connectivity index (χ2n) is 5.44. The molecule has 0 aromatic carbocycles. The van der Waals surface area contributed by atoms with Gasteiger partial charge < -0.3 is 5.32 Å². The molecule has 1 atom stereocenters. The second kappa shape index (κ2) is 5.50. The fourth-order valence-corrected chi connectivity index (χ4v) is 3.03. The van der Waals surface area contributed by atoms with E-state index in [0.717, 1.165) is 31.8 Å². The van der Waals surface area contributed by atoms with Crippen LogP contribution in [0.4, 0.5) is 0 Å². The maximum atomic E-state index is 11.1.